The first-order chi connectivity index (χ1) is 21.1. The van der Waals surface area contributed by atoms with Gasteiger partial charge < -0.3 is 20.6 Å². The Morgan fingerprint density at radius 3 is 2.44 bits per heavy atom. The Morgan fingerprint density at radius 2 is 1.80 bits per heavy atom. The van der Waals surface area contributed by atoms with Crippen molar-refractivity contribution >= 4 is 21.7 Å². The number of nitrogens with one attached hydrogen (secondary N) is 3. The molecule has 1 aromatic carbocycles. The molecule has 2 saturated heterocycles. The van der Waals surface area contributed by atoms with Crippen LogP contribution in [0.5, 0.6) is 0 Å². The summed E-state index contributed by atoms with van der Waals surface area (Å²) in [6.07, 6.45) is 2.81. The van der Waals surface area contributed by atoms with Gasteiger partial charge in [0.1, 0.15) is 11.4 Å². The van der Waals surface area contributed by atoms with Gasteiger partial charge in [0.2, 0.25) is 16.0 Å². The zero-order valence-electron chi connectivity index (χ0n) is 25.2. The Balaban J connectivity index is 1.24. The van der Waals surface area contributed by atoms with E-state index in [4.69, 9.17) is 0 Å². The number of alkyl halides is 3. The molecule has 45 heavy (non-hydrogen) atoms. The quantitative estimate of drug-likeness (QED) is 0.241. The number of hydrogen-bond donors (Lipinski definition) is 4. The summed E-state index contributed by atoms with van der Waals surface area (Å²) in [4.78, 5) is 9.63. The minimum Gasteiger partial charge on any atom is -0.389 e. The summed E-state index contributed by atoms with van der Waals surface area (Å²) in [5.74, 6) is -1.29. The molecule has 4 N–H and O–H groups in total. The smallest absolute Gasteiger partial charge is 0.389 e. The monoisotopic (exact) mass is 654 g/mol. The SMILES string of the molecule is CC(C)(O)Cn1cc(-c2nc(Nc3ccc(S(=O)(=O)NCCN4CCC5(CCNCC5)CC4)cc3F)ncc2C(F)(F)F)cn1. The molecule has 0 bridgehead atoms. The molecule has 0 radical (unpaired) electrons. The molecule has 5 rings (SSSR count). The van der Waals surface area contributed by atoms with Crippen LogP contribution in [0.2, 0.25) is 0 Å². The number of piperidine rings is 2. The predicted molar refractivity (Wildman–Crippen MR) is 160 cm³/mol. The Morgan fingerprint density at radius 1 is 1.09 bits per heavy atom. The van der Waals surface area contributed by atoms with Gasteiger partial charge in [-0.2, -0.15) is 18.3 Å². The fourth-order valence-electron chi connectivity index (χ4n) is 5.85. The summed E-state index contributed by atoms with van der Waals surface area (Å²) in [6.45, 7) is 7.70. The lowest BCUT2D eigenvalue weighted by Crippen LogP contribution is -2.47. The number of aromatic nitrogens is 4. The average molecular weight is 655 g/mol. The van der Waals surface area contributed by atoms with E-state index in [0.29, 0.717) is 18.2 Å². The standard InChI is InChI=1S/C29H38F4N8O3S/c1-27(2,42)19-41-18-20(16-36-41)25-22(29(31,32)33)17-35-26(39-25)38-24-4-3-21(15-23(24)30)45(43,44)37-11-14-40-12-7-28(8-13-40)5-9-34-10-6-28/h3-4,15-18,34,37,42H,5-14,19H2,1-2H3,(H,35,38,39). The van der Waals surface area contributed by atoms with Crippen LogP contribution in [0, 0.1) is 11.2 Å². The molecular weight excluding hydrogens is 616 g/mol. The number of benzene rings is 1. The lowest BCUT2D eigenvalue weighted by molar-refractivity contribution is -0.137. The van der Waals surface area contributed by atoms with E-state index in [2.05, 4.69) is 35.3 Å². The van der Waals surface area contributed by atoms with E-state index < -0.39 is 38.9 Å². The second kappa shape index (κ2) is 12.9. The third-order valence-corrected chi connectivity index (χ3v) is 9.81. The maximum Gasteiger partial charge on any atom is 0.419 e. The van der Waals surface area contributed by atoms with E-state index in [9.17, 15) is 26.7 Å². The number of hydrogen-bond acceptors (Lipinski definition) is 9. The van der Waals surface area contributed by atoms with Gasteiger partial charge in [0.05, 0.1) is 34.6 Å². The Labute approximate surface area is 259 Å². The highest BCUT2D eigenvalue weighted by molar-refractivity contribution is 7.89. The Hall–Kier alpha value is -3.18. The second-order valence-corrected chi connectivity index (χ2v) is 14.2. The zero-order valence-corrected chi connectivity index (χ0v) is 26.0. The van der Waals surface area contributed by atoms with Gasteiger partial charge >= 0.3 is 6.18 Å². The molecule has 0 amide bonds. The topological polar surface area (TPSA) is 137 Å². The fraction of sp³-hybridized carbons (Fsp3) is 0.552. The summed E-state index contributed by atoms with van der Waals surface area (Å²) in [6, 6.07) is 3.19. The van der Waals surface area contributed by atoms with Crippen LogP contribution in [-0.2, 0) is 22.7 Å². The van der Waals surface area contributed by atoms with Gasteiger partial charge in [-0.25, -0.2) is 27.5 Å². The largest absolute Gasteiger partial charge is 0.419 e. The predicted octanol–water partition coefficient (Wildman–Crippen LogP) is 3.76. The summed E-state index contributed by atoms with van der Waals surface area (Å²) < 4.78 is 85.9. The molecule has 2 aliphatic heterocycles. The van der Waals surface area contributed by atoms with Crippen molar-refractivity contribution in [3.8, 4) is 11.3 Å². The molecule has 3 aromatic rings. The van der Waals surface area contributed by atoms with Crippen molar-refractivity contribution in [2.75, 3.05) is 44.6 Å². The van der Waals surface area contributed by atoms with Crippen molar-refractivity contribution < 1.29 is 31.1 Å². The third kappa shape index (κ3) is 8.35. The van der Waals surface area contributed by atoms with Gasteiger partial charge in [0.25, 0.3) is 0 Å². The van der Waals surface area contributed by atoms with Crippen LogP contribution in [-0.4, -0.2) is 83.0 Å². The van der Waals surface area contributed by atoms with Crippen molar-refractivity contribution in [3.63, 3.8) is 0 Å². The maximum absolute atomic E-state index is 15.1. The number of aliphatic hydroxyl groups is 1. The number of rotatable bonds is 10. The number of nitrogens with zero attached hydrogens (tertiary/aromatic N) is 5. The first kappa shape index (κ1) is 33.2. The van der Waals surface area contributed by atoms with E-state index in [1.54, 1.807) is 0 Å². The van der Waals surface area contributed by atoms with E-state index in [1.165, 1.54) is 49.8 Å². The Bertz CT molecular complexity index is 1590. The lowest BCUT2D eigenvalue weighted by Gasteiger charge is -2.44. The Kier molecular flexibility index (Phi) is 9.52. The molecule has 16 heteroatoms. The molecule has 2 aliphatic rings. The summed E-state index contributed by atoms with van der Waals surface area (Å²) in [5.41, 5.74) is -2.60. The van der Waals surface area contributed by atoms with Gasteiger partial charge in [-0.05, 0) is 89.3 Å². The second-order valence-electron chi connectivity index (χ2n) is 12.4. The fourth-order valence-corrected chi connectivity index (χ4v) is 6.89. The third-order valence-electron chi connectivity index (χ3n) is 8.35. The van der Waals surface area contributed by atoms with Crippen molar-refractivity contribution in [2.24, 2.45) is 5.41 Å². The van der Waals surface area contributed by atoms with E-state index in [1.807, 2.05) is 0 Å². The molecule has 11 nitrogen and oxygen atoms in total. The zero-order chi connectivity index (χ0) is 32.5. The molecular formula is C29H38F4N8O3S. The van der Waals surface area contributed by atoms with Crippen LogP contribution in [0.3, 0.4) is 0 Å². The van der Waals surface area contributed by atoms with Crippen molar-refractivity contribution in [1.82, 2.24) is 34.7 Å². The normalized spacial score (nSPS) is 17.9. The first-order valence-corrected chi connectivity index (χ1v) is 16.3. The number of sulfonamides is 1. The molecule has 0 atom stereocenters. The first-order valence-electron chi connectivity index (χ1n) is 14.8. The highest BCUT2D eigenvalue weighted by Crippen LogP contribution is 2.39. The van der Waals surface area contributed by atoms with E-state index in [0.717, 1.165) is 51.2 Å². The number of halogens is 4. The van der Waals surface area contributed by atoms with Crippen molar-refractivity contribution in [3.05, 3.63) is 48.2 Å². The minimum atomic E-state index is -4.79. The molecule has 1 spiro atoms. The molecule has 0 aliphatic carbocycles. The van der Waals surface area contributed by atoms with Crippen LogP contribution in [0.25, 0.3) is 11.3 Å². The van der Waals surface area contributed by atoms with Gasteiger partial charge in [-0.1, -0.05) is 0 Å². The van der Waals surface area contributed by atoms with Crippen molar-refractivity contribution in [2.45, 2.75) is 62.7 Å². The molecule has 2 fully saturated rings. The summed E-state index contributed by atoms with van der Waals surface area (Å²) in [5, 5.41) is 20.0. The van der Waals surface area contributed by atoms with Crippen molar-refractivity contribution in [1.29, 1.82) is 0 Å². The summed E-state index contributed by atoms with van der Waals surface area (Å²) >= 11 is 0. The molecule has 246 valence electrons. The van der Waals surface area contributed by atoms with Crippen LogP contribution in [0.1, 0.15) is 45.1 Å². The summed E-state index contributed by atoms with van der Waals surface area (Å²) in [7, 11) is -4.01. The highest BCUT2D eigenvalue weighted by Gasteiger charge is 2.37. The van der Waals surface area contributed by atoms with E-state index in [-0.39, 0.29) is 35.2 Å². The molecule has 0 unspecified atom stereocenters. The number of likely N-dealkylation sites (tertiary alicyclic amines) is 1. The molecule has 4 heterocycles. The molecule has 2 aromatic heterocycles. The van der Waals surface area contributed by atoms with Crippen LogP contribution in [0.4, 0.5) is 29.2 Å². The number of anilines is 2. The maximum atomic E-state index is 15.1. The minimum absolute atomic E-state index is 0.0142. The molecule has 0 saturated carbocycles. The average Bonchev–Trinajstić information content (AvgIpc) is 3.42. The van der Waals surface area contributed by atoms with Crippen LogP contribution < -0.4 is 15.4 Å². The van der Waals surface area contributed by atoms with Crippen LogP contribution >= 0.6 is 0 Å². The van der Waals surface area contributed by atoms with Crippen LogP contribution in [0.15, 0.2) is 41.7 Å². The van der Waals surface area contributed by atoms with Gasteiger partial charge in [0.15, 0.2) is 0 Å². The van der Waals surface area contributed by atoms with Gasteiger partial charge in [0, 0.05) is 31.0 Å². The lowest BCUT2D eigenvalue weighted by atomic mass is 9.71. The van der Waals surface area contributed by atoms with E-state index >= 15 is 4.39 Å². The van der Waals surface area contributed by atoms with Gasteiger partial charge in [-0.15, -0.1) is 0 Å². The highest BCUT2D eigenvalue weighted by atomic mass is 32.2. The van der Waals surface area contributed by atoms with Gasteiger partial charge in [-0.3, -0.25) is 4.68 Å².